The Morgan fingerprint density at radius 3 is 2.65 bits per heavy atom. The molecule has 0 aliphatic carbocycles. The summed E-state index contributed by atoms with van der Waals surface area (Å²) in [6.45, 7) is 0. The molecule has 1 amide bonds. The highest BCUT2D eigenvalue weighted by Gasteiger charge is 2.14. The first kappa shape index (κ1) is 13.9. The molecule has 100 valence electrons. The van der Waals surface area contributed by atoms with Gasteiger partial charge in [-0.1, -0.05) is 42.3 Å². The fraction of sp³-hybridized carbons (Fsp3) is 0.118. The number of hydrogen-bond donors (Lipinski definition) is 2. The van der Waals surface area contributed by atoms with E-state index in [9.17, 15) is 4.79 Å². The highest BCUT2D eigenvalue weighted by molar-refractivity contribution is 5.95. The van der Waals surface area contributed by atoms with E-state index in [0.717, 1.165) is 11.1 Å². The number of rotatable bonds is 4. The lowest BCUT2D eigenvalue weighted by molar-refractivity contribution is -0.117. The molecule has 0 fully saturated rings. The topological polar surface area (TPSA) is 55.1 Å². The van der Waals surface area contributed by atoms with Crippen molar-refractivity contribution in [3.8, 4) is 12.3 Å². The lowest BCUT2D eigenvalue weighted by Gasteiger charge is -2.12. The maximum Gasteiger partial charge on any atom is 0.241 e. The summed E-state index contributed by atoms with van der Waals surface area (Å²) in [5.74, 6) is 2.31. The van der Waals surface area contributed by atoms with Crippen LogP contribution >= 0.6 is 0 Å². The number of terminal acetylenes is 1. The van der Waals surface area contributed by atoms with Crippen molar-refractivity contribution in [2.24, 2.45) is 5.73 Å². The Morgan fingerprint density at radius 2 is 1.95 bits per heavy atom. The predicted molar refractivity (Wildman–Crippen MR) is 81.1 cm³/mol. The molecule has 0 aliphatic heterocycles. The average molecular weight is 264 g/mol. The van der Waals surface area contributed by atoms with Gasteiger partial charge in [-0.05, 0) is 30.2 Å². The van der Waals surface area contributed by atoms with Gasteiger partial charge in [-0.3, -0.25) is 4.79 Å². The van der Waals surface area contributed by atoms with E-state index < -0.39 is 6.04 Å². The van der Waals surface area contributed by atoms with E-state index >= 15 is 0 Å². The minimum atomic E-state index is -0.591. The molecule has 0 heterocycles. The lowest BCUT2D eigenvalue weighted by Crippen LogP contribution is -2.37. The third kappa shape index (κ3) is 3.71. The molecule has 2 aromatic carbocycles. The number of benzene rings is 2. The molecule has 0 spiro atoms. The van der Waals surface area contributed by atoms with Crippen LogP contribution in [0.1, 0.15) is 11.1 Å². The Morgan fingerprint density at radius 1 is 1.20 bits per heavy atom. The number of carbonyl (C=O) groups is 1. The zero-order chi connectivity index (χ0) is 14.4. The Balaban J connectivity index is 1.99. The molecular formula is C17H16N2O. The molecule has 0 saturated heterocycles. The molecule has 2 rings (SSSR count). The number of nitrogens with one attached hydrogen (secondary N) is 1. The van der Waals surface area contributed by atoms with Crippen LogP contribution in [0.25, 0.3) is 0 Å². The van der Waals surface area contributed by atoms with E-state index in [1.807, 2.05) is 30.3 Å². The zero-order valence-corrected chi connectivity index (χ0v) is 11.0. The first-order valence-electron chi connectivity index (χ1n) is 6.36. The number of anilines is 1. The second-order valence-electron chi connectivity index (χ2n) is 4.51. The minimum absolute atomic E-state index is 0.219. The quantitative estimate of drug-likeness (QED) is 0.832. The SMILES string of the molecule is C#Cc1cccc(NC(=O)[C@@H](N)Cc2ccccc2)c1. The van der Waals surface area contributed by atoms with Gasteiger partial charge in [0.15, 0.2) is 0 Å². The molecule has 1 atom stereocenters. The van der Waals surface area contributed by atoms with Gasteiger partial charge in [0.05, 0.1) is 6.04 Å². The number of amides is 1. The van der Waals surface area contributed by atoms with Crippen molar-refractivity contribution < 1.29 is 4.79 Å². The highest BCUT2D eigenvalue weighted by atomic mass is 16.2. The van der Waals surface area contributed by atoms with Crippen LogP contribution in [0.15, 0.2) is 54.6 Å². The summed E-state index contributed by atoms with van der Waals surface area (Å²) in [5, 5.41) is 2.78. The summed E-state index contributed by atoms with van der Waals surface area (Å²) < 4.78 is 0. The van der Waals surface area contributed by atoms with Crippen molar-refractivity contribution in [3.63, 3.8) is 0 Å². The molecule has 0 bridgehead atoms. The van der Waals surface area contributed by atoms with Crippen molar-refractivity contribution in [1.82, 2.24) is 0 Å². The minimum Gasteiger partial charge on any atom is -0.325 e. The summed E-state index contributed by atoms with van der Waals surface area (Å²) in [7, 11) is 0. The smallest absolute Gasteiger partial charge is 0.241 e. The Bertz CT molecular complexity index is 629. The molecule has 0 saturated carbocycles. The second-order valence-corrected chi connectivity index (χ2v) is 4.51. The number of nitrogens with two attached hydrogens (primary N) is 1. The van der Waals surface area contributed by atoms with Gasteiger partial charge in [0.1, 0.15) is 0 Å². The van der Waals surface area contributed by atoms with Crippen LogP contribution in [0.2, 0.25) is 0 Å². The lowest BCUT2D eigenvalue weighted by atomic mass is 10.1. The van der Waals surface area contributed by atoms with E-state index in [1.165, 1.54) is 0 Å². The van der Waals surface area contributed by atoms with Gasteiger partial charge < -0.3 is 11.1 Å². The van der Waals surface area contributed by atoms with E-state index in [4.69, 9.17) is 12.2 Å². The number of carbonyl (C=O) groups excluding carboxylic acids is 1. The molecule has 0 unspecified atom stereocenters. The van der Waals surface area contributed by atoms with E-state index in [2.05, 4.69) is 11.2 Å². The Hall–Kier alpha value is -2.57. The fourth-order valence-electron chi connectivity index (χ4n) is 1.88. The van der Waals surface area contributed by atoms with Crippen LogP contribution in [-0.4, -0.2) is 11.9 Å². The van der Waals surface area contributed by atoms with Gasteiger partial charge in [-0.15, -0.1) is 6.42 Å². The molecule has 3 nitrogen and oxygen atoms in total. The molecule has 2 aromatic rings. The van der Waals surface area contributed by atoms with E-state index in [0.29, 0.717) is 12.1 Å². The largest absolute Gasteiger partial charge is 0.325 e. The average Bonchev–Trinajstić information content (AvgIpc) is 2.48. The van der Waals surface area contributed by atoms with Gasteiger partial charge >= 0.3 is 0 Å². The Labute approximate surface area is 118 Å². The predicted octanol–water partition coefficient (Wildman–Crippen LogP) is 2.18. The molecule has 0 aromatic heterocycles. The molecule has 20 heavy (non-hydrogen) atoms. The number of hydrogen-bond acceptors (Lipinski definition) is 2. The zero-order valence-electron chi connectivity index (χ0n) is 11.0. The van der Waals surface area contributed by atoms with Crippen molar-refractivity contribution in [1.29, 1.82) is 0 Å². The summed E-state index contributed by atoms with van der Waals surface area (Å²) in [6, 6.07) is 16.2. The van der Waals surface area contributed by atoms with Gasteiger partial charge in [0.25, 0.3) is 0 Å². The van der Waals surface area contributed by atoms with Crippen LogP contribution in [0.4, 0.5) is 5.69 Å². The molecule has 0 aliphatic rings. The van der Waals surface area contributed by atoms with Gasteiger partial charge in [0, 0.05) is 11.3 Å². The summed E-state index contributed by atoms with van der Waals surface area (Å²) in [4.78, 5) is 12.0. The third-order valence-corrected chi connectivity index (χ3v) is 2.93. The van der Waals surface area contributed by atoms with Crippen LogP contribution < -0.4 is 11.1 Å². The summed E-state index contributed by atoms with van der Waals surface area (Å²) >= 11 is 0. The molecular weight excluding hydrogens is 248 g/mol. The van der Waals surface area contributed by atoms with Crippen molar-refractivity contribution in [3.05, 3.63) is 65.7 Å². The maximum atomic E-state index is 12.0. The monoisotopic (exact) mass is 264 g/mol. The van der Waals surface area contributed by atoms with Gasteiger partial charge in [-0.2, -0.15) is 0 Å². The summed E-state index contributed by atoms with van der Waals surface area (Å²) in [5.41, 5.74) is 8.33. The fourth-order valence-corrected chi connectivity index (χ4v) is 1.88. The first-order chi connectivity index (χ1) is 9.69. The molecule has 3 heteroatoms. The first-order valence-corrected chi connectivity index (χ1v) is 6.36. The maximum absolute atomic E-state index is 12.0. The normalized spacial score (nSPS) is 11.4. The molecule has 3 N–H and O–H groups in total. The van der Waals surface area contributed by atoms with Crippen molar-refractivity contribution >= 4 is 11.6 Å². The van der Waals surface area contributed by atoms with Crippen molar-refractivity contribution in [2.75, 3.05) is 5.32 Å². The van der Waals surface area contributed by atoms with Crippen LogP contribution in [0.5, 0.6) is 0 Å². The van der Waals surface area contributed by atoms with E-state index in [-0.39, 0.29) is 5.91 Å². The van der Waals surface area contributed by atoms with Crippen LogP contribution in [-0.2, 0) is 11.2 Å². The van der Waals surface area contributed by atoms with Crippen LogP contribution in [0, 0.1) is 12.3 Å². The van der Waals surface area contributed by atoms with E-state index in [1.54, 1.807) is 24.3 Å². The standard InChI is InChI=1S/C17H16N2O/c1-2-13-9-6-10-15(11-13)19-17(20)16(18)12-14-7-4-3-5-8-14/h1,3-11,16H,12,18H2,(H,19,20)/t16-/m0/s1. The second kappa shape index (κ2) is 6.55. The summed E-state index contributed by atoms with van der Waals surface area (Å²) in [6.07, 6.45) is 5.83. The highest BCUT2D eigenvalue weighted by Crippen LogP contribution is 2.10. The van der Waals surface area contributed by atoms with Gasteiger partial charge in [0.2, 0.25) is 5.91 Å². The molecule has 0 radical (unpaired) electrons. The third-order valence-electron chi connectivity index (χ3n) is 2.93. The van der Waals surface area contributed by atoms with Crippen molar-refractivity contribution in [2.45, 2.75) is 12.5 Å². The van der Waals surface area contributed by atoms with Crippen LogP contribution in [0.3, 0.4) is 0 Å². The Kier molecular flexibility index (Phi) is 4.54. The van der Waals surface area contributed by atoms with Gasteiger partial charge in [-0.25, -0.2) is 0 Å².